The largest absolute Gasteiger partial charge is 0.458 e. The number of fused-ring (bicyclic) bond motifs is 1. The molecule has 3 amide bonds. The molecule has 18 heavy (non-hydrogen) atoms. The van der Waals surface area contributed by atoms with Gasteiger partial charge in [-0.2, -0.15) is 0 Å². The SMILES string of the molecule is Cc1ccc2oc(C3NC(=O)NC3=O)c(C)c2c1. The number of hydrogen-bond acceptors (Lipinski definition) is 3. The van der Waals surface area contributed by atoms with Crippen LogP contribution in [-0.2, 0) is 4.79 Å². The molecule has 1 aliphatic rings. The highest BCUT2D eigenvalue weighted by molar-refractivity contribution is 6.05. The van der Waals surface area contributed by atoms with Crippen molar-refractivity contribution in [2.24, 2.45) is 0 Å². The van der Waals surface area contributed by atoms with Gasteiger partial charge in [0.05, 0.1) is 0 Å². The van der Waals surface area contributed by atoms with Crippen molar-refractivity contribution in [2.75, 3.05) is 0 Å². The Kier molecular flexibility index (Phi) is 2.16. The Morgan fingerprint density at radius 1 is 1.22 bits per heavy atom. The average molecular weight is 244 g/mol. The molecule has 1 aromatic carbocycles. The maximum Gasteiger partial charge on any atom is 0.322 e. The van der Waals surface area contributed by atoms with E-state index in [4.69, 9.17) is 4.42 Å². The van der Waals surface area contributed by atoms with Gasteiger partial charge in [-0.3, -0.25) is 10.1 Å². The number of benzene rings is 1. The predicted molar refractivity (Wildman–Crippen MR) is 65.1 cm³/mol. The zero-order valence-electron chi connectivity index (χ0n) is 10.0. The number of imide groups is 1. The molecule has 2 heterocycles. The first-order chi connectivity index (χ1) is 8.56. The molecule has 1 saturated heterocycles. The van der Waals surface area contributed by atoms with Crippen LogP contribution in [0.15, 0.2) is 22.6 Å². The second-order valence-electron chi connectivity index (χ2n) is 4.49. The van der Waals surface area contributed by atoms with Crippen LogP contribution >= 0.6 is 0 Å². The number of carbonyl (C=O) groups is 2. The second kappa shape index (κ2) is 3.60. The Morgan fingerprint density at radius 3 is 2.67 bits per heavy atom. The van der Waals surface area contributed by atoms with Gasteiger partial charge in [-0.25, -0.2) is 4.79 Å². The molecule has 92 valence electrons. The van der Waals surface area contributed by atoms with Crippen LogP contribution in [-0.4, -0.2) is 11.9 Å². The van der Waals surface area contributed by atoms with E-state index < -0.39 is 12.1 Å². The van der Waals surface area contributed by atoms with E-state index in [2.05, 4.69) is 10.6 Å². The Hall–Kier alpha value is -2.30. The van der Waals surface area contributed by atoms with Crippen LogP contribution in [0.4, 0.5) is 4.79 Å². The van der Waals surface area contributed by atoms with Crippen molar-refractivity contribution in [2.45, 2.75) is 19.9 Å². The van der Waals surface area contributed by atoms with Gasteiger partial charge < -0.3 is 9.73 Å². The number of aryl methyl sites for hydroxylation is 2. The van der Waals surface area contributed by atoms with E-state index in [9.17, 15) is 9.59 Å². The normalized spacial score (nSPS) is 19.1. The van der Waals surface area contributed by atoms with Crippen LogP contribution < -0.4 is 10.6 Å². The van der Waals surface area contributed by atoms with Crippen molar-refractivity contribution in [3.63, 3.8) is 0 Å². The molecular formula is C13H12N2O3. The minimum Gasteiger partial charge on any atom is -0.458 e. The summed E-state index contributed by atoms with van der Waals surface area (Å²) in [5, 5.41) is 5.71. The van der Waals surface area contributed by atoms with E-state index in [1.165, 1.54) is 0 Å². The van der Waals surface area contributed by atoms with Crippen LogP contribution in [0.1, 0.15) is 22.9 Å². The molecule has 0 saturated carbocycles. The molecule has 0 radical (unpaired) electrons. The van der Waals surface area contributed by atoms with Gasteiger partial charge in [0.25, 0.3) is 5.91 Å². The monoisotopic (exact) mass is 244 g/mol. The molecule has 0 spiro atoms. The van der Waals surface area contributed by atoms with Crippen molar-refractivity contribution in [3.8, 4) is 0 Å². The zero-order valence-corrected chi connectivity index (χ0v) is 10.0. The van der Waals surface area contributed by atoms with Crippen LogP contribution in [0.3, 0.4) is 0 Å². The minimum absolute atomic E-state index is 0.376. The molecule has 1 aromatic heterocycles. The van der Waals surface area contributed by atoms with E-state index in [1.54, 1.807) is 0 Å². The minimum atomic E-state index is -0.731. The molecule has 5 heteroatoms. The first-order valence-electron chi connectivity index (χ1n) is 5.67. The molecule has 2 N–H and O–H groups in total. The summed E-state index contributed by atoms with van der Waals surface area (Å²) in [4.78, 5) is 22.8. The maximum absolute atomic E-state index is 11.6. The summed E-state index contributed by atoms with van der Waals surface area (Å²) in [6.45, 7) is 3.88. The van der Waals surface area contributed by atoms with E-state index in [-0.39, 0.29) is 5.91 Å². The van der Waals surface area contributed by atoms with Crippen molar-refractivity contribution in [1.82, 2.24) is 10.6 Å². The summed E-state index contributed by atoms with van der Waals surface area (Å²) in [6, 6.07) is 4.61. The highest BCUT2D eigenvalue weighted by atomic mass is 16.3. The topological polar surface area (TPSA) is 71.3 Å². The number of hydrogen-bond donors (Lipinski definition) is 2. The second-order valence-corrected chi connectivity index (χ2v) is 4.49. The first-order valence-corrected chi connectivity index (χ1v) is 5.67. The third kappa shape index (κ3) is 1.48. The Labute approximate surface area is 103 Å². The molecule has 1 atom stereocenters. The molecule has 0 bridgehead atoms. The van der Waals surface area contributed by atoms with E-state index in [0.717, 1.165) is 22.1 Å². The van der Waals surface area contributed by atoms with E-state index >= 15 is 0 Å². The smallest absolute Gasteiger partial charge is 0.322 e. The Morgan fingerprint density at radius 2 is 2.00 bits per heavy atom. The van der Waals surface area contributed by atoms with Gasteiger partial charge in [0.1, 0.15) is 11.3 Å². The standard InChI is InChI=1S/C13H12N2O3/c1-6-3-4-9-8(5-6)7(2)11(18-9)10-12(16)15-13(17)14-10/h3-5,10H,1-2H3,(H2,14,15,16,17). The number of furan rings is 1. The number of urea groups is 1. The Bertz CT molecular complexity index is 672. The summed E-state index contributed by atoms with van der Waals surface area (Å²) in [5.41, 5.74) is 2.73. The lowest BCUT2D eigenvalue weighted by molar-refractivity contribution is -0.120. The van der Waals surface area contributed by atoms with Crippen LogP contribution in [0.2, 0.25) is 0 Å². The highest BCUT2D eigenvalue weighted by Gasteiger charge is 2.35. The van der Waals surface area contributed by atoms with Gasteiger partial charge in [-0.05, 0) is 26.0 Å². The maximum atomic E-state index is 11.6. The van der Waals surface area contributed by atoms with Gasteiger partial charge in [-0.1, -0.05) is 11.6 Å². The fourth-order valence-corrected chi connectivity index (χ4v) is 2.23. The third-order valence-electron chi connectivity index (χ3n) is 3.17. The molecule has 1 fully saturated rings. The van der Waals surface area contributed by atoms with Gasteiger partial charge >= 0.3 is 6.03 Å². The number of nitrogens with one attached hydrogen (secondary N) is 2. The van der Waals surface area contributed by atoms with Gasteiger partial charge in [0, 0.05) is 10.9 Å². The molecule has 3 rings (SSSR count). The van der Waals surface area contributed by atoms with Crippen molar-refractivity contribution in [3.05, 3.63) is 35.1 Å². The van der Waals surface area contributed by atoms with Crippen molar-refractivity contribution >= 4 is 22.9 Å². The van der Waals surface area contributed by atoms with Gasteiger partial charge in [0.15, 0.2) is 6.04 Å². The molecule has 1 aliphatic heterocycles. The summed E-state index contributed by atoms with van der Waals surface area (Å²) in [7, 11) is 0. The first kappa shape index (κ1) is 10.8. The predicted octanol–water partition coefficient (Wildman–Crippen LogP) is 1.93. The summed E-state index contributed by atoms with van der Waals surface area (Å²) >= 11 is 0. The molecule has 2 aromatic rings. The average Bonchev–Trinajstić information content (AvgIpc) is 2.80. The van der Waals surface area contributed by atoms with E-state index in [0.29, 0.717) is 5.76 Å². The lowest BCUT2D eigenvalue weighted by atomic mass is 10.1. The summed E-state index contributed by atoms with van der Waals surface area (Å²) in [6.07, 6.45) is 0. The molecule has 0 aliphatic carbocycles. The quantitative estimate of drug-likeness (QED) is 0.753. The van der Waals surface area contributed by atoms with Crippen LogP contribution in [0.5, 0.6) is 0 Å². The Balaban J connectivity index is 2.15. The lowest BCUT2D eigenvalue weighted by Crippen LogP contribution is -2.22. The zero-order chi connectivity index (χ0) is 12.9. The number of carbonyl (C=O) groups excluding carboxylic acids is 2. The molecule has 5 nitrogen and oxygen atoms in total. The third-order valence-corrected chi connectivity index (χ3v) is 3.17. The van der Waals surface area contributed by atoms with Gasteiger partial charge in [0.2, 0.25) is 0 Å². The fourth-order valence-electron chi connectivity index (χ4n) is 2.23. The number of amides is 3. The summed E-state index contributed by atoms with van der Waals surface area (Å²) in [5.74, 6) is 0.123. The molecule has 1 unspecified atom stereocenters. The summed E-state index contributed by atoms with van der Waals surface area (Å²) < 4.78 is 5.68. The van der Waals surface area contributed by atoms with Crippen molar-refractivity contribution in [1.29, 1.82) is 0 Å². The lowest BCUT2D eigenvalue weighted by Gasteiger charge is -2.03. The molecular weight excluding hydrogens is 232 g/mol. The van der Waals surface area contributed by atoms with E-state index in [1.807, 2.05) is 32.0 Å². The fraction of sp³-hybridized carbons (Fsp3) is 0.231. The van der Waals surface area contributed by atoms with Crippen molar-refractivity contribution < 1.29 is 14.0 Å². The van der Waals surface area contributed by atoms with Gasteiger partial charge in [-0.15, -0.1) is 0 Å². The van der Waals surface area contributed by atoms with Crippen LogP contribution in [0, 0.1) is 13.8 Å². The van der Waals surface area contributed by atoms with Crippen LogP contribution in [0.25, 0.3) is 11.0 Å². The highest BCUT2D eigenvalue weighted by Crippen LogP contribution is 2.31. The number of rotatable bonds is 1.